The van der Waals surface area contributed by atoms with Crippen LogP contribution in [0.2, 0.25) is 0 Å². The van der Waals surface area contributed by atoms with Gasteiger partial charge in [0.05, 0.1) is 6.42 Å². The maximum Gasteiger partial charge on any atom is 0.401 e. The molecule has 1 aliphatic heterocycles. The Morgan fingerprint density at radius 2 is 1.83 bits per heavy atom. The minimum absolute atomic E-state index is 0.00538. The summed E-state index contributed by atoms with van der Waals surface area (Å²) in [5.74, 6) is -1.21. The zero-order valence-electron chi connectivity index (χ0n) is 21.8. The monoisotopic (exact) mass is 565 g/mol. The molecule has 41 heavy (non-hydrogen) atoms. The van der Waals surface area contributed by atoms with Gasteiger partial charge in [-0.1, -0.05) is 29.4 Å². The van der Waals surface area contributed by atoms with E-state index in [1.54, 1.807) is 30.4 Å². The third-order valence-electron chi connectivity index (χ3n) is 7.50. The fraction of sp³-hybridized carbons (Fsp3) is 0.276. The summed E-state index contributed by atoms with van der Waals surface area (Å²) >= 11 is 0. The van der Waals surface area contributed by atoms with E-state index in [4.69, 9.17) is 4.52 Å². The van der Waals surface area contributed by atoms with Crippen molar-refractivity contribution >= 4 is 17.6 Å². The quantitative estimate of drug-likeness (QED) is 0.309. The van der Waals surface area contributed by atoms with Gasteiger partial charge in [0.1, 0.15) is 17.1 Å². The van der Waals surface area contributed by atoms with Crippen LogP contribution in [-0.4, -0.2) is 45.1 Å². The average molecular weight is 566 g/mol. The molecule has 8 nitrogen and oxygen atoms in total. The number of aromatic nitrogens is 3. The molecule has 0 spiro atoms. The highest BCUT2D eigenvalue weighted by Crippen LogP contribution is 2.59. The van der Waals surface area contributed by atoms with Crippen LogP contribution in [0.5, 0.6) is 0 Å². The Hall–Kier alpha value is -4.61. The summed E-state index contributed by atoms with van der Waals surface area (Å²) in [6.45, 7) is 0.564. The minimum atomic E-state index is -4.47. The van der Waals surface area contributed by atoms with Crippen LogP contribution in [0.25, 0.3) is 11.1 Å². The van der Waals surface area contributed by atoms with Gasteiger partial charge in [0.25, 0.3) is 5.91 Å². The predicted octanol–water partition coefficient (Wildman–Crippen LogP) is 5.22. The Morgan fingerprint density at radius 1 is 1.07 bits per heavy atom. The molecular formula is C29H23F4N5O3. The molecule has 3 heterocycles. The minimum Gasteiger partial charge on any atom is -0.358 e. The number of amides is 2. The fourth-order valence-electron chi connectivity index (χ4n) is 4.99. The molecule has 6 rings (SSSR count). The molecule has 0 bridgehead atoms. The molecule has 0 unspecified atom stereocenters. The van der Waals surface area contributed by atoms with Crippen molar-refractivity contribution < 1.29 is 31.7 Å². The molecule has 0 radical (unpaired) electrons. The summed E-state index contributed by atoms with van der Waals surface area (Å²) in [6, 6.07) is 11.1. The van der Waals surface area contributed by atoms with E-state index < -0.39 is 23.3 Å². The molecule has 0 saturated heterocycles. The number of alkyl halides is 3. The van der Waals surface area contributed by atoms with Gasteiger partial charge in [0.15, 0.2) is 11.6 Å². The number of carbonyl (C=O) groups excluding carboxylic acids is 2. The van der Waals surface area contributed by atoms with Crippen LogP contribution >= 0.6 is 0 Å². The van der Waals surface area contributed by atoms with Crippen molar-refractivity contribution in [2.45, 2.75) is 43.8 Å². The van der Waals surface area contributed by atoms with Crippen LogP contribution in [0, 0.1) is 5.82 Å². The number of fused-ring (bicyclic) bond motifs is 1. The molecule has 2 aromatic heterocycles. The van der Waals surface area contributed by atoms with Crippen LogP contribution in [0.1, 0.15) is 51.5 Å². The van der Waals surface area contributed by atoms with Crippen molar-refractivity contribution in [3.63, 3.8) is 0 Å². The number of nitrogens with one attached hydrogen (secondary N) is 1. The first-order valence-corrected chi connectivity index (χ1v) is 12.8. The highest BCUT2D eigenvalue weighted by Gasteiger charge is 2.66. The van der Waals surface area contributed by atoms with Crippen molar-refractivity contribution in [3.05, 3.63) is 94.5 Å². The second kappa shape index (κ2) is 9.79. The molecule has 2 aliphatic rings. The Bertz CT molecular complexity index is 1660. The van der Waals surface area contributed by atoms with Gasteiger partial charge in [-0.3, -0.25) is 9.59 Å². The smallest absolute Gasteiger partial charge is 0.358 e. The Labute approximate surface area is 231 Å². The third-order valence-corrected chi connectivity index (χ3v) is 7.50. The van der Waals surface area contributed by atoms with Gasteiger partial charge in [0, 0.05) is 49.6 Å². The Kier molecular flexibility index (Phi) is 6.35. The summed E-state index contributed by atoms with van der Waals surface area (Å²) in [4.78, 5) is 35.0. The van der Waals surface area contributed by atoms with Gasteiger partial charge < -0.3 is 14.7 Å². The van der Waals surface area contributed by atoms with Crippen molar-refractivity contribution in [1.82, 2.24) is 20.0 Å². The maximum atomic E-state index is 14.9. The molecule has 1 aliphatic carbocycles. The standard InChI is InChI=1S/C29H23F4N5O3/c1-38-15-19-8-16(2-5-21(19)27(38)40)9-24-34-13-20(14-35-24)17-3-4-18(22(30)10-17)11-26(39)36-25-12-23(41-37-25)28(6-7-28)29(31,32)33/h2-5,8,10,12-14H,6-7,9,11,15H2,1H3,(H,36,37,39). The highest BCUT2D eigenvalue weighted by atomic mass is 19.4. The number of carbonyl (C=O) groups is 2. The van der Waals surface area contributed by atoms with Gasteiger partial charge in [-0.2, -0.15) is 13.2 Å². The summed E-state index contributed by atoms with van der Waals surface area (Å²) < 4.78 is 59.5. The number of anilines is 1. The molecule has 0 atom stereocenters. The van der Waals surface area contributed by atoms with Gasteiger partial charge in [-0.05, 0) is 47.2 Å². The molecular weight excluding hydrogens is 542 g/mol. The summed E-state index contributed by atoms with van der Waals surface area (Å²) in [7, 11) is 1.76. The first-order chi connectivity index (χ1) is 19.5. The van der Waals surface area contributed by atoms with Crippen LogP contribution < -0.4 is 5.32 Å². The number of nitrogens with zero attached hydrogens (tertiary/aromatic N) is 4. The highest BCUT2D eigenvalue weighted by molar-refractivity contribution is 5.98. The van der Waals surface area contributed by atoms with Crippen LogP contribution in [0.3, 0.4) is 0 Å². The fourth-order valence-corrected chi connectivity index (χ4v) is 4.99. The SMILES string of the molecule is CN1Cc2cc(Cc3ncc(-c4ccc(CC(=O)Nc5cc(C6(C(F)(F)F)CC6)on5)c(F)c4)cn3)ccc2C1=O. The lowest BCUT2D eigenvalue weighted by Gasteiger charge is -2.14. The van der Waals surface area contributed by atoms with E-state index in [2.05, 4.69) is 20.4 Å². The zero-order chi connectivity index (χ0) is 28.9. The predicted molar refractivity (Wildman–Crippen MR) is 138 cm³/mol. The van der Waals surface area contributed by atoms with E-state index in [9.17, 15) is 27.2 Å². The number of hydrogen-bond acceptors (Lipinski definition) is 6. The molecule has 12 heteroatoms. The van der Waals surface area contributed by atoms with Crippen molar-refractivity contribution in [3.8, 4) is 11.1 Å². The van der Waals surface area contributed by atoms with E-state index in [1.165, 1.54) is 12.1 Å². The number of halogens is 4. The van der Waals surface area contributed by atoms with Gasteiger partial charge >= 0.3 is 6.18 Å². The molecule has 1 saturated carbocycles. The third kappa shape index (κ3) is 5.05. The molecule has 2 amide bonds. The molecule has 1 fully saturated rings. The van der Waals surface area contributed by atoms with Crippen molar-refractivity contribution in [1.29, 1.82) is 0 Å². The lowest BCUT2D eigenvalue weighted by Crippen LogP contribution is -2.28. The number of hydrogen-bond donors (Lipinski definition) is 1. The second-order valence-electron chi connectivity index (χ2n) is 10.4. The first-order valence-electron chi connectivity index (χ1n) is 12.8. The largest absolute Gasteiger partial charge is 0.401 e. The first kappa shape index (κ1) is 26.6. The summed E-state index contributed by atoms with van der Waals surface area (Å²) in [5, 5.41) is 5.88. The molecule has 4 aromatic rings. The molecule has 210 valence electrons. The number of benzene rings is 2. The Morgan fingerprint density at radius 3 is 2.51 bits per heavy atom. The lowest BCUT2D eigenvalue weighted by molar-refractivity contribution is -0.165. The van der Waals surface area contributed by atoms with E-state index in [0.29, 0.717) is 35.5 Å². The molecule has 2 aromatic carbocycles. The van der Waals surface area contributed by atoms with Crippen LogP contribution in [0.15, 0.2) is 59.4 Å². The van der Waals surface area contributed by atoms with Crippen molar-refractivity contribution in [2.75, 3.05) is 12.4 Å². The lowest BCUT2D eigenvalue weighted by atomic mass is 10.0. The topological polar surface area (TPSA) is 101 Å². The zero-order valence-corrected chi connectivity index (χ0v) is 21.8. The average Bonchev–Trinajstić information content (AvgIpc) is 3.55. The van der Waals surface area contributed by atoms with E-state index in [0.717, 1.165) is 17.2 Å². The number of rotatable bonds is 7. The Balaban J connectivity index is 1.08. The van der Waals surface area contributed by atoms with Gasteiger partial charge in [-0.15, -0.1) is 0 Å². The second-order valence-corrected chi connectivity index (χ2v) is 10.4. The van der Waals surface area contributed by atoms with E-state index >= 15 is 0 Å². The summed E-state index contributed by atoms with van der Waals surface area (Å²) in [5.41, 5.74) is 1.79. The van der Waals surface area contributed by atoms with Crippen molar-refractivity contribution in [2.24, 2.45) is 0 Å². The normalized spacial score (nSPS) is 15.6. The van der Waals surface area contributed by atoms with Crippen LogP contribution in [-0.2, 0) is 29.6 Å². The van der Waals surface area contributed by atoms with Crippen LogP contribution in [0.4, 0.5) is 23.4 Å². The molecule has 1 N–H and O–H groups in total. The van der Waals surface area contributed by atoms with Gasteiger partial charge in [-0.25, -0.2) is 14.4 Å². The van der Waals surface area contributed by atoms with E-state index in [1.807, 2.05) is 18.2 Å². The maximum absolute atomic E-state index is 14.9. The summed E-state index contributed by atoms with van der Waals surface area (Å²) in [6.07, 6.45) is -1.37. The van der Waals surface area contributed by atoms with E-state index in [-0.39, 0.29) is 42.3 Å². The van der Waals surface area contributed by atoms with Gasteiger partial charge in [0.2, 0.25) is 5.91 Å².